The molecule has 2 rings (SSSR count). The van der Waals surface area contributed by atoms with E-state index in [0.29, 0.717) is 10.6 Å². The Morgan fingerprint density at radius 1 is 1.04 bits per heavy atom. The highest BCUT2D eigenvalue weighted by molar-refractivity contribution is 7.89. The van der Waals surface area contributed by atoms with Crippen LogP contribution in [-0.4, -0.2) is 25.9 Å². The summed E-state index contributed by atoms with van der Waals surface area (Å²) >= 11 is 0. The molecule has 1 aromatic carbocycles. The second-order valence-electron chi connectivity index (χ2n) is 6.02. The van der Waals surface area contributed by atoms with Crippen LogP contribution in [0.3, 0.4) is 0 Å². The van der Waals surface area contributed by atoms with Crippen LogP contribution in [0.25, 0.3) is 0 Å². The van der Waals surface area contributed by atoms with Crippen molar-refractivity contribution in [1.82, 2.24) is 9.71 Å². The summed E-state index contributed by atoms with van der Waals surface area (Å²) in [6, 6.07) is 5.32. The second-order valence-corrected chi connectivity index (χ2v) is 7.73. The number of benzene rings is 1. The number of carbonyl (C=O) groups is 1. The van der Waals surface area contributed by atoms with Gasteiger partial charge in [-0.2, -0.15) is 0 Å². The Labute approximate surface area is 148 Å². The zero-order valence-corrected chi connectivity index (χ0v) is 15.7. The minimum atomic E-state index is -3.68. The molecule has 2 aromatic rings. The van der Waals surface area contributed by atoms with Crippen molar-refractivity contribution in [1.29, 1.82) is 0 Å². The number of aryl methyl sites for hydroxylation is 2. The lowest BCUT2D eigenvalue weighted by Crippen LogP contribution is -2.29. The van der Waals surface area contributed by atoms with Gasteiger partial charge in [0.15, 0.2) is 0 Å². The highest BCUT2D eigenvalue weighted by atomic mass is 32.2. The molecule has 1 heterocycles. The Morgan fingerprint density at radius 2 is 1.60 bits per heavy atom. The zero-order valence-electron chi connectivity index (χ0n) is 14.9. The molecule has 1 aromatic heterocycles. The molecule has 2 N–H and O–H groups in total. The predicted molar refractivity (Wildman–Crippen MR) is 98.1 cm³/mol. The summed E-state index contributed by atoms with van der Waals surface area (Å²) in [5.74, 6) is -0.261. The van der Waals surface area contributed by atoms with Gasteiger partial charge >= 0.3 is 0 Å². The minimum Gasteiger partial charge on any atom is -0.326 e. The van der Waals surface area contributed by atoms with Gasteiger partial charge in [0.25, 0.3) is 0 Å². The zero-order chi connectivity index (χ0) is 18.6. The van der Waals surface area contributed by atoms with Gasteiger partial charge in [-0.3, -0.25) is 9.78 Å². The van der Waals surface area contributed by atoms with Crippen LogP contribution in [0.5, 0.6) is 0 Å². The van der Waals surface area contributed by atoms with E-state index in [0.717, 1.165) is 22.3 Å². The quantitative estimate of drug-likeness (QED) is 0.828. The monoisotopic (exact) mass is 361 g/mol. The normalized spacial score (nSPS) is 11.4. The highest BCUT2D eigenvalue weighted by Crippen LogP contribution is 2.25. The van der Waals surface area contributed by atoms with E-state index in [1.165, 1.54) is 0 Å². The Balaban J connectivity index is 2.04. The fraction of sp³-hybridized carbons (Fsp3) is 0.333. The van der Waals surface area contributed by atoms with Crippen LogP contribution in [0.15, 0.2) is 35.5 Å². The molecule has 6 nitrogen and oxygen atoms in total. The summed E-state index contributed by atoms with van der Waals surface area (Å²) < 4.78 is 27.9. The number of nitrogens with zero attached hydrogens (tertiary/aromatic N) is 1. The first-order valence-corrected chi connectivity index (χ1v) is 9.47. The number of hydrogen-bond acceptors (Lipinski definition) is 4. The van der Waals surface area contributed by atoms with E-state index in [-0.39, 0.29) is 18.9 Å². The fourth-order valence-corrected chi connectivity index (χ4v) is 4.26. The molecule has 7 heteroatoms. The lowest BCUT2D eigenvalue weighted by atomic mass is 10.0. The maximum absolute atomic E-state index is 12.7. The Morgan fingerprint density at radius 3 is 2.16 bits per heavy atom. The summed E-state index contributed by atoms with van der Waals surface area (Å²) in [6.45, 7) is 7.41. The van der Waals surface area contributed by atoms with E-state index in [9.17, 15) is 13.2 Å². The Hall–Kier alpha value is -2.25. The molecule has 0 aliphatic carbocycles. The highest BCUT2D eigenvalue weighted by Gasteiger charge is 2.21. The van der Waals surface area contributed by atoms with Gasteiger partial charge in [0, 0.05) is 31.0 Å². The lowest BCUT2D eigenvalue weighted by molar-refractivity contribution is -0.116. The number of hydrogen-bond donors (Lipinski definition) is 2. The minimum absolute atomic E-state index is 0.0329. The lowest BCUT2D eigenvalue weighted by Gasteiger charge is -2.16. The number of anilines is 1. The largest absolute Gasteiger partial charge is 0.326 e. The number of aromatic nitrogens is 1. The van der Waals surface area contributed by atoms with E-state index >= 15 is 0 Å². The van der Waals surface area contributed by atoms with Crippen molar-refractivity contribution in [3.8, 4) is 0 Å². The van der Waals surface area contributed by atoms with Gasteiger partial charge < -0.3 is 5.32 Å². The molecular formula is C18H23N3O3S. The molecule has 0 radical (unpaired) electrons. The molecule has 0 bridgehead atoms. The molecule has 134 valence electrons. The molecule has 0 aliphatic rings. The summed E-state index contributed by atoms with van der Waals surface area (Å²) in [5.41, 5.74) is 3.95. The van der Waals surface area contributed by atoms with Gasteiger partial charge in [-0.05, 0) is 62.1 Å². The average Bonchev–Trinajstić information content (AvgIpc) is 2.53. The summed E-state index contributed by atoms with van der Waals surface area (Å²) in [7, 11) is -3.68. The maximum Gasteiger partial charge on any atom is 0.241 e. The van der Waals surface area contributed by atoms with Gasteiger partial charge in [0.2, 0.25) is 15.9 Å². The van der Waals surface area contributed by atoms with Crippen LogP contribution in [0.4, 0.5) is 5.69 Å². The summed E-state index contributed by atoms with van der Waals surface area (Å²) in [6.07, 6.45) is 3.19. The number of carbonyl (C=O) groups excluding carboxylic acids is 1. The van der Waals surface area contributed by atoms with E-state index in [2.05, 4.69) is 15.0 Å². The maximum atomic E-state index is 12.7. The molecule has 0 spiro atoms. The first-order chi connectivity index (χ1) is 11.7. The summed E-state index contributed by atoms with van der Waals surface area (Å²) in [4.78, 5) is 16.1. The van der Waals surface area contributed by atoms with Crippen LogP contribution in [0, 0.1) is 27.7 Å². The average molecular weight is 361 g/mol. The molecule has 25 heavy (non-hydrogen) atoms. The van der Waals surface area contributed by atoms with Crippen LogP contribution in [-0.2, 0) is 14.8 Å². The Kier molecular flexibility index (Phi) is 5.92. The van der Waals surface area contributed by atoms with E-state index < -0.39 is 10.0 Å². The van der Waals surface area contributed by atoms with Gasteiger partial charge in [-0.25, -0.2) is 13.1 Å². The first-order valence-electron chi connectivity index (χ1n) is 7.99. The van der Waals surface area contributed by atoms with Gasteiger partial charge in [0.05, 0.1) is 4.90 Å². The second kappa shape index (κ2) is 7.76. The standard InChI is InChI=1S/C18H23N3O3S/c1-12-11-13(2)15(4)18(14(12)3)25(23,24)20-10-7-17(22)21-16-5-8-19-9-6-16/h5-6,8-9,11,20H,7,10H2,1-4H3,(H,19,21,22). The van der Waals surface area contributed by atoms with Crippen molar-refractivity contribution in [2.24, 2.45) is 0 Å². The van der Waals surface area contributed by atoms with E-state index in [4.69, 9.17) is 0 Å². The number of amides is 1. The van der Waals surface area contributed by atoms with Crippen molar-refractivity contribution in [2.75, 3.05) is 11.9 Å². The third-order valence-corrected chi connectivity index (χ3v) is 5.91. The van der Waals surface area contributed by atoms with Gasteiger partial charge in [-0.15, -0.1) is 0 Å². The van der Waals surface area contributed by atoms with Crippen LogP contribution >= 0.6 is 0 Å². The third-order valence-electron chi connectivity index (χ3n) is 4.17. The Bertz CT molecular complexity index is 852. The van der Waals surface area contributed by atoms with Gasteiger partial charge in [-0.1, -0.05) is 6.07 Å². The smallest absolute Gasteiger partial charge is 0.241 e. The van der Waals surface area contributed by atoms with Crippen molar-refractivity contribution in [3.05, 3.63) is 52.8 Å². The van der Waals surface area contributed by atoms with Gasteiger partial charge in [0.1, 0.15) is 0 Å². The van der Waals surface area contributed by atoms with Crippen LogP contribution in [0.2, 0.25) is 0 Å². The third kappa shape index (κ3) is 4.64. The SMILES string of the molecule is Cc1cc(C)c(C)c(S(=O)(=O)NCCC(=O)Nc2ccncc2)c1C. The molecule has 0 unspecified atom stereocenters. The molecule has 0 saturated heterocycles. The van der Waals surface area contributed by atoms with Crippen molar-refractivity contribution < 1.29 is 13.2 Å². The van der Waals surface area contributed by atoms with E-state index in [1.54, 1.807) is 38.4 Å². The van der Waals surface area contributed by atoms with Crippen molar-refractivity contribution in [2.45, 2.75) is 39.0 Å². The van der Waals surface area contributed by atoms with Crippen molar-refractivity contribution >= 4 is 21.6 Å². The first kappa shape index (κ1) is 19.1. The molecule has 0 fully saturated rings. The predicted octanol–water partition coefficient (Wildman–Crippen LogP) is 2.62. The molecule has 0 atom stereocenters. The molecule has 1 amide bonds. The summed E-state index contributed by atoms with van der Waals surface area (Å²) in [5, 5.41) is 2.70. The number of pyridine rings is 1. The van der Waals surface area contributed by atoms with Crippen molar-refractivity contribution in [3.63, 3.8) is 0 Å². The molecular weight excluding hydrogens is 338 g/mol. The molecule has 0 saturated carbocycles. The number of rotatable bonds is 6. The molecule has 0 aliphatic heterocycles. The topological polar surface area (TPSA) is 88.2 Å². The number of sulfonamides is 1. The number of nitrogens with one attached hydrogen (secondary N) is 2. The van der Waals surface area contributed by atoms with Crippen LogP contribution < -0.4 is 10.0 Å². The van der Waals surface area contributed by atoms with E-state index in [1.807, 2.05) is 19.9 Å². The fourth-order valence-electron chi connectivity index (χ4n) is 2.61. The van der Waals surface area contributed by atoms with Crippen LogP contribution in [0.1, 0.15) is 28.7 Å².